The third-order valence-corrected chi connectivity index (χ3v) is 5.25. The highest BCUT2D eigenvalue weighted by atomic mass is 16.2. The third kappa shape index (κ3) is 1.42. The Hall–Kier alpha value is -1.39. The summed E-state index contributed by atoms with van der Waals surface area (Å²) in [5, 5.41) is 3.98. The van der Waals surface area contributed by atoms with Gasteiger partial charge in [0.1, 0.15) is 6.33 Å². The van der Waals surface area contributed by atoms with Gasteiger partial charge in [-0.1, -0.05) is 0 Å². The maximum Gasteiger partial charge on any atom is 0.252 e. The molecule has 0 aromatic carbocycles. The highest BCUT2D eigenvalue weighted by Crippen LogP contribution is 2.56. The van der Waals surface area contributed by atoms with Gasteiger partial charge in [0.05, 0.1) is 0 Å². The highest BCUT2D eigenvalue weighted by molar-refractivity contribution is 5.81. The van der Waals surface area contributed by atoms with Crippen molar-refractivity contribution >= 4 is 11.9 Å². The van der Waals surface area contributed by atoms with Crippen LogP contribution in [0.2, 0.25) is 0 Å². The SMILES string of the molecule is Nc1ncn(C(=O)C2C3CC4CC(C3)CC2C4)n1. The molecule has 1 heterocycles. The number of carbonyl (C=O) groups is 1. The first-order chi connectivity index (χ1) is 8.70. The minimum absolute atomic E-state index is 0.119. The van der Waals surface area contributed by atoms with E-state index in [0.717, 1.165) is 11.8 Å². The van der Waals surface area contributed by atoms with Gasteiger partial charge < -0.3 is 5.73 Å². The number of anilines is 1. The number of hydrogen-bond acceptors (Lipinski definition) is 4. The van der Waals surface area contributed by atoms with Gasteiger partial charge in [-0.25, -0.2) is 4.98 Å². The Labute approximate surface area is 106 Å². The Morgan fingerprint density at radius 2 is 1.78 bits per heavy atom. The summed E-state index contributed by atoms with van der Waals surface area (Å²) in [7, 11) is 0. The molecule has 0 amide bonds. The quantitative estimate of drug-likeness (QED) is 0.816. The second-order valence-electron chi connectivity index (χ2n) is 6.34. The van der Waals surface area contributed by atoms with Crippen LogP contribution in [-0.4, -0.2) is 20.7 Å². The molecule has 1 aromatic rings. The molecule has 2 N–H and O–H groups in total. The van der Waals surface area contributed by atoms with Crippen molar-refractivity contribution in [1.29, 1.82) is 0 Å². The van der Waals surface area contributed by atoms with Gasteiger partial charge in [-0.2, -0.15) is 4.68 Å². The van der Waals surface area contributed by atoms with Crippen LogP contribution in [0.15, 0.2) is 6.33 Å². The van der Waals surface area contributed by atoms with Crippen molar-refractivity contribution in [2.24, 2.45) is 29.6 Å². The summed E-state index contributed by atoms with van der Waals surface area (Å²) in [6, 6.07) is 0. The number of aromatic nitrogens is 3. The Bertz CT molecular complexity index is 467. The van der Waals surface area contributed by atoms with Crippen LogP contribution in [0.25, 0.3) is 0 Å². The van der Waals surface area contributed by atoms with Crippen LogP contribution < -0.4 is 5.73 Å². The van der Waals surface area contributed by atoms with Crippen molar-refractivity contribution in [3.05, 3.63) is 6.33 Å². The summed E-state index contributed by atoms with van der Waals surface area (Å²) in [5.74, 6) is 3.41. The molecule has 0 spiro atoms. The molecule has 0 radical (unpaired) electrons. The van der Waals surface area contributed by atoms with Crippen molar-refractivity contribution in [2.45, 2.75) is 32.1 Å². The van der Waals surface area contributed by atoms with Gasteiger partial charge in [0.2, 0.25) is 5.95 Å². The number of nitrogens with zero attached hydrogens (tertiary/aromatic N) is 3. The maximum atomic E-state index is 12.6. The zero-order valence-electron chi connectivity index (χ0n) is 10.3. The summed E-state index contributed by atoms with van der Waals surface area (Å²) in [5.41, 5.74) is 5.50. The molecule has 5 rings (SSSR count). The van der Waals surface area contributed by atoms with Crippen molar-refractivity contribution in [1.82, 2.24) is 14.8 Å². The van der Waals surface area contributed by atoms with E-state index in [9.17, 15) is 4.79 Å². The number of nitrogens with two attached hydrogens (primary N) is 1. The Balaban J connectivity index is 1.63. The molecule has 96 valence electrons. The Morgan fingerprint density at radius 3 is 2.28 bits per heavy atom. The lowest BCUT2D eigenvalue weighted by Gasteiger charge is -2.53. The molecule has 4 aliphatic carbocycles. The van der Waals surface area contributed by atoms with Crippen LogP contribution >= 0.6 is 0 Å². The molecule has 5 nitrogen and oxygen atoms in total. The fourth-order valence-electron chi connectivity index (χ4n) is 4.86. The highest BCUT2D eigenvalue weighted by Gasteiger charge is 2.51. The molecule has 4 saturated carbocycles. The standard InChI is InChI=1S/C13H18N4O/c14-13-15-6-17(16-13)12(18)11-9-2-7-1-8(4-9)5-10(11)3-7/h6-11H,1-5H2,(H2,14,16). The maximum absolute atomic E-state index is 12.6. The predicted octanol–water partition coefficient (Wildman–Crippen LogP) is 1.57. The number of nitrogen functional groups attached to an aromatic ring is 1. The van der Waals surface area contributed by atoms with E-state index in [-0.39, 0.29) is 17.8 Å². The van der Waals surface area contributed by atoms with E-state index >= 15 is 0 Å². The monoisotopic (exact) mass is 246 g/mol. The van der Waals surface area contributed by atoms with E-state index in [0.29, 0.717) is 11.8 Å². The van der Waals surface area contributed by atoms with Crippen LogP contribution in [0.3, 0.4) is 0 Å². The minimum atomic E-state index is 0.119. The molecule has 0 atom stereocenters. The van der Waals surface area contributed by atoms with Gasteiger partial charge in [0.25, 0.3) is 5.91 Å². The molecule has 4 bridgehead atoms. The molecule has 18 heavy (non-hydrogen) atoms. The van der Waals surface area contributed by atoms with E-state index in [1.807, 2.05) is 0 Å². The van der Waals surface area contributed by atoms with E-state index in [1.54, 1.807) is 0 Å². The third-order valence-electron chi connectivity index (χ3n) is 5.25. The van der Waals surface area contributed by atoms with Crippen LogP contribution in [0.1, 0.15) is 36.9 Å². The van der Waals surface area contributed by atoms with Crippen molar-refractivity contribution in [3.8, 4) is 0 Å². The topological polar surface area (TPSA) is 73.8 Å². The first-order valence-electron chi connectivity index (χ1n) is 6.92. The van der Waals surface area contributed by atoms with Crippen LogP contribution in [0.4, 0.5) is 5.95 Å². The summed E-state index contributed by atoms with van der Waals surface area (Å²) in [4.78, 5) is 16.4. The largest absolute Gasteiger partial charge is 0.366 e. The van der Waals surface area contributed by atoms with Gasteiger partial charge in [0, 0.05) is 5.92 Å². The zero-order valence-corrected chi connectivity index (χ0v) is 10.3. The normalized spacial score (nSPS) is 41.2. The molecule has 4 fully saturated rings. The molecule has 0 aliphatic heterocycles. The first-order valence-corrected chi connectivity index (χ1v) is 6.92. The average Bonchev–Trinajstić information content (AvgIpc) is 2.74. The smallest absolute Gasteiger partial charge is 0.252 e. The number of hydrogen-bond donors (Lipinski definition) is 1. The van der Waals surface area contributed by atoms with Gasteiger partial charge >= 0.3 is 0 Å². The fourth-order valence-corrected chi connectivity index (χ4v) is 4.86. The molecular formula is C13H18N4O. The Morgan fingerprint density at radius 1 is 1.17 bits per heavy atom. The summed E-state index contributed by atoms with van der Waals surface area (Å²) < 4.78 is 1.36. The minimum Gasteiger partial charge on any atom is -0.366 e. The van der Waals surface area contributed by atoms with E-state index < -0.39 is 0 Å². The second kappa shape index (κ2) is 3.56. The van der Waals surface area contributed by atoms with Gasteiger partial charge in [-0.15, -0.1) is 5.10 Å². The summed E-state index contributed by atoms with van der Waals surface area (Å²) >= 11 is 0. The lowest BCUT2D eigenvalue weighted by atomic mass is 9.51. The molecule has 5 heteroatoms. The molecule has 1 aromatic heterocycles. The molecule has 0 saturated heterocycles. The Kier molecular flexibility index (Phi) is 2.08. The van der Waals surface area contributed by atoms with Crippen molar-refractivity contribution in [3.63, 3.8) is 0 Å². The molecular weight excluding hydrogens is 228 g/mol. The lowest BCUT2D eigenvalue weighted by Crippen LogP contribution is -2.49. The first kappa shape index (κ1) is 10.5. The van der Waals surface area contributed by atoms with E-state index in [1.165, 1.54) is 43.1 Å². The van der Waals surface area contributed by atoms with Crippen LogP contribution in [0.5, 0.6) is 0 Å². The van der Waals surface area contributed by atoms with E-state index in [4.69, 9.17) is 5.73 Å². The van der Waals surface area contributed by atoms with Crippen molar-refractivity contribution in [2.75, 3.05) is 5.73 Å². The number of carbonyl (C=O) groups excluding carboxylic acids is 1. The van der Waals surface area contributed by atoms with Gasteiger partial charge in [-0.3, -0.25) is 4.79 Å². The second-order valence-corrected chi connectivity index (χ2v) is 6.34. The van der Waals surface area contributed by atoms with Crippen LogP contribution in [0, 0.1) is 29.6 Å². The fraction of sp³-hybridized carbons (Fsp3) is 0.769. The van der Waals surface area contributed by atoms with Gasteiger partial charge in [-0.05, 0) is 55.8 Å². The summed E-state index contributed by atoms with van der Waals surface area (Å²) in [6.45, 7) is 0. The average molecular weight is 246 g/mol. The van der Waals surface area contributed by atoms with Crippen LogP contribution in [-0.2, 0) is 0 Å². The zero-order chi connectivity index (χ0) is 12.3. The molecule has 4 aliphatic rings. The van der Waals surface area contributed by atoms with E-state index in [2.05, 4.69) is 10.1 Å². The lowest BCUT2D eigenvalue weighted by molar-refractivity contribution is -0.0294. The van der Waals surface area contributed by atoms with Crippen molar-refractivity contribution < 1.29 is 4.79 Å². The summed E-state index contributed by atoms with van der Waals surface area (Å²) in [6.07, 6.45) is 7.84. The predicted molar refractivity (Wildman–Crippen MR) is 65.6 cm³/mol. The molecule has 0 unspecified atom stereocenters. The number of rotatable bonds is 1. The van der Waals surface area contributed by atoms with Gasteiger partial charge in [0.15, 0.2) is 0 Å².